The van der Waals surface area contributed by atoms with Crippen molar-refractivity contribution in [1.82, 2.24) is 5.16 Å². The van der Waals surface area contributed by atoms with Crippen molar-refractivity contribution in [1.29, 1.82) is 0 Å². The zero-order valence-electron chi connectivity index (χ0n) is 6.88. The minimum absolute atomic E-state index is 0.311. The van der Waals surface area contributed by atoms with Crippen LogP contribution >= 0.6 is 22.4 Å². The number of halogens is 1. The van der Waals surface area contributed by atoms with Gasteiger partial charge in [-0.3, -0.25) is 0 Å². The molecule has 14 heavy (non-hydrogen) atoms. The summed E-state index contributed by atoms with van der Waals surface area (Å²) in [6.07, 6.45) is 4.61. The van der Waals surface area contributed by atoms with Gasteiger partial charge in [0.2, 0.25) is 0 Å². The fourth-order valence-corrected chi connectivity index (χ4v) is 4.31. The van der Waals surface area contributed by atoms with E-state index in [1.807, 2.05) is 0 Å². The highest BCUT2D eigenvalue weighted by Crippen LogP contribution is 2.47. The molecule has 2 rings (SSSR count). The Labute approximate surface area is 89.7 Å². The Hall–Kier alpha value is -0.460. The minimum Gasteiger partial charge on any atom is -0.364 e. The molecule has 1 aliphatic rings. The first-order valence-corrected chi connectivity index (χ1v) is 7.02. The second-order valence-corrected chi connectivity index (χ2v) is 6.97. The maximum Gasteiger partial charge on any atom is 0.257 e. The van der Waals surface area contributed by atoms with Crippen LogP contribution in [0, 0.1) is 0 Å². The van der Waals surface area contributed by atoms with Crippen LogP contribution in [0.25, 0.3) is 0 Å². The molecule has 76 valence electrons. The summed E-state index contributed by atoms with van der Waals surface area (Å²) < 4.78 is 26.3. The predicted octanol–water partition coefficient (Wildman–Crippen LogP) is 1.70. The molecule has 0 amide bonds. The molecule has 1 aromatic rings. The van der Waals surface area contributed by atoms with Crippen LogP contribution in [0.2, 0.25) is 0 Å². The summed E-state index contributed by atoms with van der Waals surface area (Å²) in [5, 5.41) is 3.63. The van der Waals surface area contributed by atoms with Crippen LogP contribution in [0.15, 0.2) is 29.0 Å². The van der Waals surface area contributed by atoms with E-state index in [1.165, 1.54) is 30.2 Å². The average Bonchev–Trinajstić information content (AvgIpc) is 2.74. The van der Waals surface area contributed by atoms with Crippen LogP contribution < -0.4 is 0 Å². The SMILES string of the molecule is O=S(=O)(Cl)C1(c2ccon2)C=CCS1. The first-order valence-electron chi connectivity index (χ1n) is 3.73. The van der Waals surface area contributed by atoms with Crippen molar-refractivity contribution in [2.75, 3.05) is 5.75 Å². The van der Waals surface area contributed by atoms with E-state index in [0.717, 1.165) is 0 Å². The topological polar surface area (TPSA) is 60.2 Å². The molecule has 4 nitrogen and oxygen atoms in total. The maximum atomic E-state index is 11.5. The number of aromatic nitrogens is 1. The highest BCUT2D eigenvalue weighted by Gasteiger charge is 2.47. The first kappa shape index (κ1) is 10.1. The number of thioether (sulfide) groups is 1. The molecule has 0 aromatic carbocycles. The number of hydrogen-bond donors (Lipinski definition) is 0. The molecule has 0 fully saturated rings. The standard InChI is InChI=1S/C7H6ClNO3S2/c8-14(10,11)7(3-1-5-13-7)6-2-4-12-9-6/h1-4H,5H2. The summed E-state index contributed by atoms with van der Waals surface area (Å²) in [7, 11) is 1.64. The highest BCUT2D eigenvalue weighted by atomic mass is 35.7. The zero-order chi connectivity index (χ0) is 10.2. The molecule has 0 spiro atoms. The van der Waals surface area contributed by atoms with E-state index >= 15 is 0 Å². The third-order valence-electron chi connectivity index (χ3n) is 1.89. The van der Waals surface area contributed by atoms with Gasteiger partial charge < -0.3 is 4.52 Å². The van der Waals surface area contributed by atoms with Gasteiger partial charge in [0, 0.05) is 22.5 Å². The Morgan fingerprint density at radius 1 is 1.64 bits per heavy atom. The van der Waals surface area contributed by atoms with Gasteiger partial charge in [-0.15, -0.1) is 11.8 Å². The maximum absolute atomic E-state index is 11.5. The van der Waals surface area contributed by atoms with E-state index in [2.05, 4.69) is 9.68 Å². The molecule has 0 saturated heterocycles. The second kappa shape index (κ2) is 3.29. The molecular formula is C7H6ClNO3S2. The lowest BCUT2D eigenvalue weighted by molar-refractivity contribution is 0.411. The van der Waals surface area contributed by atoms with Crippen molar-refractivity contribution >= 4 is 31.5 Å². The Bertz CT molecular complexity index is 453. The van der Waals surface area contributed by atoms with Gasteiger partial charge in [-0.25, -0.2) is 8.42 Å². The Morgan fingerprint density at radius 3 is 2.86 bits per heavy atom. The lowest BCUT2D eigenvalue weighted by Crippen LogP contribution is -2.25. The largest absolute Gasteiger partial charge is 0.364 e. The van der Waals surface area contributed by atoms with Gasteiger partial charge in [-0.05, 0) is 6.08 Å². The van der Waals surface area contributed by atoms with Crippen molar-refractivity contribution in [3.8, 4) is 0 Å². The third-order valence-corrected chi connectivity index (χ3v) is 6.11. The Balaban J connectivity index is 2.59. The molecule has 0 radical (unpaired) electrons. The molecule has 1 unspecified atom stereocenters. The fourth-order valence-electron chi connectivity index (χ4n) is 1.25. The van der Waals surface area contributed by atoms with E-state index < -0.39 is 13.1 Å². The summed E-state index contributed by atoms with van der Waals surface area (Å²) in [6, 6.07) is 1.50. The van der Waals surface area contributed by atoms with Gasteiger partial charge in [0.1, 0.15) is 12.0 Å². The highest BCUT2D eigenvalue weighted by molar-refractivity contribution is 8.25. The molecule has 7 heteroatoms. The van der Waals surface area contributed by atoms with Crippen molar-refractivity contribution < 1.29 is 12.9 Å². The smallest absolute Gasteiger partial charge is 0.257 e. The molecule has 0 saturated carbocycles. The lowest BCUT2D eigenvalue weighted by Gasteiger charge is -2.19. The van der Waals surface area contributed by atoms with Gasteiger partial charge in [-0.2, -0.15) is 0 Å². The predicted molar refractivity (Wildman–Crippen MR) is 54.6 cm³/mol. The van der Waals surface area contributed by atoms with Gasteiger partial charge in [0.15, 0.2) is 4.08 Å². The van der Waals surface area contributed by atoms with Crippen molar-refractivity contribution in [2.24, 2.45) is 0 Å². The average molecular weight is 252 g/mol. The summed E-state index contributed by atoms with van der Waals surface area (Å²) in [5.74, 6) is 0.596. The quantitative estimate of drug-likeness (QED) is 0.591. The third kappa shape index (κ3) is 1.37. The minimum atomic E-state index is -3.76. The van der Waals surface area contributed by atoms with Crippen LogP contribution in [-0.2, 0) is 13.1 Å². The molecule has 1 atom stereocenters. The first-order chi connectivity index (χ1) is 6.56. The van der Waals surface area contributed by atoms with Gasteiger partial charge >= 0.3 is 0 Å². The van der Waals surface area contributed by atoms with E-state index in [0.29, 0.717) is 11.4 Å². The van der Waals surface area contributed by atoms with E-state index in [9.17, 15) is 8.42 Å². The van der Waals surface area contributed by atoms with Crippen LogP contribution in [-0.4, -0.2) is 19.3 Å². The van der Waals surface area contributed by atoms with E-state index in [-0.39, 0.29) is 0 Å². The lowest BCUT2D eigenvalue weighted by atomic mass is 10.3. The van der Waals surface area contributed by atoms with Crippen molar-refractivity contribution in [3.63, 3.8) is 0 Å². The van der Waals surface area contributed by atoms with Crippen LogP contribution in [0.4, 0.5) is 0 Å². The molecular weight excluding hydrogens is 246 g/mol. The summed E-state index contributed by atoms with van der Waals surface area (Å²) in [6.45, 7) is 0. The van der Waals surface area contributed by atoms with Crippen LogP contribution in [0.3, 0.4) is 0 Å². The Morgan fingerprint density at radius 2 is 2.43 bits per heavy atom. The van der Waals surface area contributed by atoms with E-state index in [4.69, 9.17) is 10.7 Å². The van der Waals surface area contributed by atoms with Gasteiger partial charge in [0.25, 0.3) is 9.05 Å². The summed E-state index contributed by atoms with van der Waals surface area (Å²) in [5.41, 5.74) is 0.311. The monoisotopic (exact) mass is 251 g/mol. The van der Waals surface area contributed by atoms with Gasteiger partial charge in [-0.1, -0.05) is 11.2 Å². The van der Waals surface area contributed by atoms with Crippen LogP contribution in [0.1, 0.15) is 5.69 Å². The molecule has 2 heterocycles. The summed E-state index contributed by atoms with van der Waals surface area (Å²) >= 11 is 1.20. The number of rotatable bonds is 2. The fraction of sp³-hybridized carbons (Fsp3) is 0.286. The molecule has 1 aromatic heterocycles. The summed E-state index contributed by atoms with van der Waals surface area (Å²) in [4.78, 5) is 0. The zero-order valence-corrected chi connectivity index (χ0v) is 9.27. The number of nitrogens with zero attached hydrogens (tertiary/aromatic N) is 1. The van der Waals surface area contributed by atoms with Crippen molar-refractivity contribution in [3.05, 3.63) is 30.2 Å². The Kier molecular flexibility index (Phi) is 2.36. The second-order valence-electron chi connectivity index (χ2n) is 2.70. The molecule has 0 aliphatic carbocycles. The van der Waals surface area contributed by atoms with Crippen LogP contribution in [0.5, 0.6) is 0 Å². The molecule has 0 N–H and O–H groups in total. The van der Waals surface area contributed by atoms with Gasteiger partial charge in [0.05, 0.1) is 0 Å². The number of hydrogen-bond acceptors (Lipinski definition) is 5. The normalized spacial score (nSPS) is 26.9. The van der Waals surface area contributed by atoms with E-state index in [1.54, 1.807) is 6.08 Å². The van der Waals surface area contributed by atoms with Crippen molar-refractivity contribution in [2.45, 2.75) is 4.08 Å². The molecule has 0 bridgehead atoms. The molecule has 1 aliphatic heterocycles.